The first-order valence-electron chi connectivity index (χ1n) is 9.84. The van der Waals surface area contributed by atoms with Crippen LogP contribution in [0.3, 0.4) is 0 Å². The average molecular weight is 471 g/mol. The molecule has 2 aromatic rings. The molecule has 9 heteroatoms. The van der Waals surface area contributed by atoms with Gasteiger partial charge in [-0.2, -0.15) is 4.31 Å². The van der Waals surface area contributed by atoms with Crippen LogP contribution in [-0.4, -0.2) is 44.0 Å². The molecule has 1 aliphatic heterocycles. The van der Waals surface area contributed by atoms with E-state index < -0.39 is 15.9 Å². The molecular formula is C21H24ClFN2O3S2. The van der Waals surface area contributed by atoms with Gasteiger partial charge >= 0.3 is 0 Å². The number of hydrogen-bond donors (Lipinski definition) is 1. The highest BCUT2D eigenvalue weighted by Gasteiger charge is 2.27. The largest absolute Gasteiger partial charge is 0.352 e. The number of rotatable bonds is 8. The van der Waals surface area contributed by atoms with Crippen LogP contribution in [0.15, 0.2) is 52.3 Å². The van der Waals surface area contributed by atoms with Crippen molar-refractivity contribution >= 4 is 39.3 Å². The Morgan fingerprint density at radius 2 is 1.80 bits per heavy atom. The van der Waals surface area contributed by atoms with Crippen LogP contribution in [0.5, 0.6) is 0 Å². The second-order valence-electron chi connectivity index (χ2n) is 7.02. The van der Waals surface area contributed by atoms with E-state index in [0.29, 0.717) is 26.1 Å². The maximum Gasteiger partial charge on any atom is 0.252 e. The van der Waals surface area contributed by atoms with Crippen molar-refractivity contribution < 1.29 is 17.6 Å². The molecule has 0 atom stereocenters. The molecule has 0 spiro atoms. The Labute approximate surface area is 186 Å². The highest BCUT2D eigenvalue weighted by atomic mass is 35.5. The molecule has 0 bridgehead atoms. The lowest BCUT2D eigenvalue weighted by Crippen LogP contribution is -2.35. The Kier molecular flexibility index (Phi) is 8.16. The maximum atomic E-state index is 12.9. The van der Waals surface area contributed by atoms with Crippen molar-refractivity contribution in [1.82, 2.24) is 9.62 Å². The number of carbonyl (C=O) groups excluding carboxylic acids is 1. The van der Waals surface area contributed by atoms with E-state index in [1.165, 1.54) is 34.6 Å². The smallest absolute Gasteiger partial charge is 0.252 e. The third-order valence-corrected chi connectivity index (χ3v) is 8.15. The summed E-state index contributed by atoms with van der Waals surface area (Å²) in [6.07, 6.45) is 3.42. The molecule has 162 valence electrons. The lowest BCUT2D eigenvalue weighted by atomic mass is 10.2. The van der Waals surface area contributed by atoms with Crippen LogP contribution in [0.1, 0.15) is 36.0 Å². The normalized spacial score (nSPS) is 15.1. The number of nitrogens with one attached hydrogen (secondary N) is 1. The van der Waals surface area contributed by atoms with E-state index in [0.717, 1.165) is 29.9 Å². The molecule has 0 saturated carbocycles. The summed E-state index contributed by atoms with van der Waals surface area (Å²) in [5.74, 6) is 0.0822. The molecule has 1 N–H and O–H groups in total. The minimum atomic E-state index is -3.63. The monoisotopic (exact) mass is 470 g/mol. The third-order valence-electron chi connectivity index (χ3n) is 4.82. The second kappa shape index (κ2) is 10.6. The van der Waals surface area contributed by atoms with Crippen molar-refractivity contribution in [1.29, 1.82) is 0 Å². The Morgan fingerprint density at radius 3 is 2.50 bits per heavy atom. The lowest BCUT2D eigenvalue weighted by Gasteiger charge is -2.26. The van der Waals surface area contributed by atoms with Crippen molar-refractivity contribution in [2.45, 2.75) is 35.5 Å². The molecule has 0 unspecified atom stereocenters. The predicted molar refractivity (Wildman–Crippen MR) is 118 cm³/mol. The molecule has 3 rings (SSSR count). The molecule has 1 fully saturated rings. The summed E-state index contributed by atoms with van der Waals surface area (Å²) in [5, 5.41) is 3.00. The van der Waals surface area contributed by atoms with Gasteiger partial charge in [-0.25, -0.2) is 12.8 Å². The molecule has 0 aromatic heterocycles. The first-order valence-corrected chi connectivity index (χ1v) is 12.6. The van der Waals surface area contributed by atoms with E-state index >= 15 is 0 Å². The molecule has 1 heterocycles. The van der Waals surface area contributed by atoms with E-state index in [1.54, 1.807) is 23.9 Å². The zero-order valence-electron chi connectivity index (χ0n) is 16.4. The van der Waals surface area contributed by atoms with Gasteiger partial charge in [-0.05, 0) is 67.5 Å². The quantitative estimate of drug-likeness (QED) is 0.453. The number of carbonyl (C=O) groups is 1. The number of sulfonamides is 1. The van der Waals surface area contributed by atoms with Gasteiger partial charge in [0.1, 0.15) is 5.82 Å². The SMILES string of the molecule is O=C(NCCCSc1ccc(F)cc1)c1cc(S(=O)(=O)N2CCCCC2)ccc1Cl. The van der Waals surface area contributed by atoms with Crippen molar-refractivity contribution in [2.75, 3.05) is 25.4 Å². The van der Waals surface area contributed by atoms with E-state index in [9.17, 15) is 17.6 Å². The van der Waals surface area contributed by atoms with Crippen LogP contribution in [-0.2, 0) is 10.0 Å². The van der Waals surface area contributed by atoms with Gasteiger partial charge in [0.25, 0.3) is 5.91 Å². The summed E-state index contributed by atoms with van der Waals surface area (Å²) in [5.41, 5.74) is 0.154. The van der Waals surface area contributed by atoms with Gasteiger partial charge in [-0.15, -0.1) is 11.8 Å². The molecule has 5 nitrogen and oxygen atoms in total. The Bertz CT molecular complexity index is 978. The van der Waals surface area contributed by atoms with Crippen LogP contribution in [0.2, 0.25) is 5.02 Å². The summed E-state index contributed by atoms with van der Waals surface area (Å²) in [6.45, 7) is 1.42. The van der Waals surface area contributed by atoms with E-state index in [4.69, 9.17) is 11.6 Å². The number of piperidine rings is 1. The lowest BCUT2D eigenvalue weighted by molar-refractivity contribution is 0.0953. The van der Waals surface area contributed by atoms with E-state index in [-0.39, 0.29) is 21.3 Å². The van der Waals surface area contributed by atoms with Crippen molar-refractivity contribution in [3.05, 3.63) is 58.9 Å². The van der Waals surface area contributed by atoms with Gasteiger partial charge in [-0.1, -0.05) is 18.0 Å². The highest BCUT2D eigenvalue weighted by molar-refractivity contribution is 7.99. The molecule has 30 heavy (non-hydrogen) atoms. The fourth-order valence-corrected chi connectivity index (χ4v) is 5.78. The molecule has 2 aromatic carbocycles. The van der Waals surface area contributed by atoms with E-state index in [2.05, 4.69) is 5.32 Å². The van der Waals surface area contributed by atoms with Crippen molar-refractivity contribution in [2.24, 2.45) is 0 Å². The molecular weight excluding hydrogens is 447 g/mol. The second-order valence-corrected chi connectivity index (χ2v) is 10.5. The van der Waals surface area contributed by atoms with Gasteiger partial charge in [0.15, 0.2) is 0 Å². The average Bonchev–Trinajstić information content (AvgIpc) is 2.75. The predicted octanol–water partition coefficient (Wildman–Crippen LogP) is 4.57. The van der Waals surface area contributed by atoms with Crippen LogP contribution < -0.4 is 5.32 Å². The maximum absolute atomic E-state index is 12.9. The van der Waals surface area contributed by atoms with Gasteiger partial charge in [0.05, 0.1) is 15.5 Å². The molecule has 1 aliphatic rings. The van der Waals surface area contributed by atoms with Crippen LogP contribution in [0.25, 0.3) is 0 Å². The summed E-state index contributed by atoms with van der Waals surface area (Å²) in [4.78, 5) is 13.6. The van der Waals surface area contributed by atoms with Crippen LogP contribution in [0, 0.1) is 5.82 Å². The number of hydrogen-bond acceptors (Lipinski definition) is 4. The first kappa shape index (κ1) is 23.1. The fraction of sp³-hybridized carbons (Fsp3) is 0.381. The number of halogens is 2. The van der Waals surface area contributed by atoms with Gasteiger partial charge in [0.2, 0.25) is 10.0 Å². The first-order chi connectivity index (χ1) is 14.4. The number of amides is 1. The summed E-state index contributed by atoms with van der Waals surface area (Å²) >= 11 is 7.73. The topological polar surface area (TPSA) is 66.5 Å². The Balaban J connectivity index is 1.56. The summed E-state index contributed by atoms with van der Waals surface area (Å²) < 4.78 is 40.1. The molecule has 1 amide bonds. The molecule has 1 saturated heterocycles. The van der Waals surface area contributed by atoms with Gasteiger partial charge in [-0.3, -0.25) is 4.79 Å². The van der Waals surface area contributed by atoms with Crippen LogP contribution >= 0.6 is 23.4 Å². The van der Waals surface area contributed by atoms with Crippen LogP contribution in [0.4, 0.5) is 4.39 Å². The third kappa shape index (κ3) is 5.97. The number of thioether (sulfide) groups is 1. The minimum Gasteiger partial charge on any atom is -0.352 e. The summed E-state index contributed by atoms with van der Waals surface area (Å²) in [6, 6.07) is 10.5. The van der Waals surface area contributed by atoms with E-state index in [1.807, 2.05) is 0 Å². The molecule has 0 aliphatic carbocycles. The zero-order chi connectivity index (χ0) is 21.6. The minimum absolute atomic E-state index is 0.0887. The van der Waals surface area contributed by atoms with Gasteiger partial charge in [0, 0.05) is 24.5 Å². The Morgan fingerprint density at radius 1 is 1.10 bits per heavy atom. The van der Waals surface area contributed by atoms with Crippen molar-refractivity contribution in [3.8, 4) is 0 Å². The summed E-state index contributed by atoms with van der Waals surface area (Å²) in [7, 11) is -3.63. The standard InChI is InChI=1S/C21H24ClFN2O3S2/c22-20-10-9-18(30(27,28)25-12-2-1-3-13-25)15-19(20)21(26)24-11-4-14-29-17-7-5-16(23)6-8-17/h5-10,15H,1-4,11-14H2,(H,24,26). The van der Waals surface area contributed by atoms with Crippen molar-refractivity contribution in [3.63, 3.8) is 0 Å². The van der Waals surface area contributed by atoms with Gasteiger partial charge < -0.3 is 5.32 Å². The Hall–Kier alpha value is -1.61. The fourth-order valence-electron chi connectivity index (χ4n) is 3.18. The zero-order valence-corrected chi connectivity index (χ0v) is 18.8. The number of benzene rings is 2. The molecule has 0 radical (unpaired) electrons. The highest BCUT2D eigenvalue weighted by Crippen LogP contribution is 2.25. The number of nitrogens with zero attached hydrogens (tertiary/aromatic N) is 1.